The molecule has 2 rings (SSSR count). The fourth-order valence-corrected chi connectivity index (χ4v) is 2.26. The number of rotatable bonds is 8. The molecule has 2 N–H and O–H groups in total. The van der Waals surface area contributed by atoms with Crippen molar-refractivity contribution in [1.82, 2.24) is 19.6 Å². The zero-order valence-electron chi connectivity index (χ0n) is 10.6. The van der Waals surface area contributed by atoms with Gasteiger partial charge in [-0.25, -0.2) is 18.1 Å². The SMILES string of the molecule is CS(=O)(=O)NCCCn1cncc1CNC1CC1. The van der Waals surface area contributed by atoms with Crippen LogP contribution in [0, 0.1) is 0 Å². The average molecular weight is 272 g/mol. The van der Waals surface area contributed by atoms with E-state index < -0.39 is 10.0 Å². The van der Waals surface area contributed by atoms with Crippen LogP contribution in [-0.4, -0.2) is 36.8 Å². The Morgan fingerprint density at radius 3 is 2.94 bits per heavy atom. The lowest BCUT2D eigenvalue weighted by atomic mass is 10.4. The number of sulfonamides is 1. The topological polar surface area (TPSA) is 76.0 Å². The first-order valence-corrected chi connectivity index (χ1v) is 8.11. The molecule has 0 aliphatic heterocycles. The first-order chi connectivity index (χ1) is 8.54. The number of hydrogen-bond acceptors (Lipinski definition) is 4. The van der Waals surface area contributed by atoms with Gasteiger partial charge in [-0.3, -0.25) is 0 Å². The Hall–Kier alpha value is -0.920. The Balaban J connectivity index is 1.72. The maximum atomic E-state index is 10.9. The number of nitrogens with zero attached hydrogens (tertiary/aromatic N) is 2. The van der Waals surface area contributed by atoms with Crippen LogP contribution in [0.5, 0.6) is 0 Å². The quantitative estimate of drug-likeness (QED) is 0.657. The normalized spacial score (nSPS) is 16.1. The van der Waals surface area contributed by atoms with E-state index in [-0.39, 0.29) is 0 Å². The standard InChI is InChI=1S/C11H20N4O2S/c1-18(16,17)14-5-2-6-15-9-12-7-11(15)8-13-10-3-4-10/h7,9-10,13-14H,2-6,8H2,1H3. The van der Waals surface area contributed by atoms with Crippen molar-refractivity contribution >= 4 is 10.0 Å². The fourth-order valence-electron chi connectivity index (χ4n) is 1.74. The van der Waals surface area contributed by atoms with Crippen molar-refractivity contribution in [2.24, 2.45) is 0 Å². The van der Waals surface area contributed by atoms with Gasteiger partial charge < -0.3 is 9.88 Å². The van der Waals surface area contributed by atoms with Crippen LogP contribution in [0.2, 0.25) is 0 Å². The molecule has 1 saturated carbocycles. The van der Waals surface area contributed by atoms with E-state index in [0.29, 0.717) is 12.6 Å². The summed E-state index contributed by atoms with van der Waals surface area (Å²) in [5.74, 6) is 0. The Labute approximate surface area is 108 Å². The Kier molecular flexibility index (Phi) is 4.36. The lowest BCUT2D eigenvalue weighted by molar-refractivity contribution is 0.562. The minimum absolute atomic E-state index is 0.465. The third-order valence-corrected chi connectivity index (χ3v) is 3.62. The lowest BCUT2D eigenvalue weighted by Gasteiger charge is -2.09. The molecule has 102 valence electrons. The van der Waals surface area contributed by atoms with Crippen LogP contribution in [-0.2, 0) is 23.1 Å². The second-order valence-electron chi connectivity index (χ2n) is 4.75. The maximum absolute atomic E-state index is 10.9. The fraction of sp³-hybridized carbons (Fsp3) is 0.727. The summed E-state index contributed by atoms with van der Waals surface area (Å²) in [4.78, 5) is 4.13. The largest absolute Gasteiger partial charge is 0.333 e. The summed E-state index contributed by atoms with van der Waals surface area (Å²) in [6.45, 7) is 2.08. The van der Waals surface area contributed by atoms with Gasteiger partial charge in [-0.1, -0.05) is 0 Å². The maximum Gasteiger partial charge on any atom is 0.208 e. The van der Waals surface area contributed by atoms with Gasteiger partial charge in [0.05, 0.1) is 18.3 Å². The predicted molar refractivity (Wildman–Crippen MR) is 69.6 cm³/mol. The van der Waals surface area contributed by atoms with E-state index in [9.17, 15) is 8.42 Å². The van der Waals surface area contributed by atoms with E-state index in [4.69, 9.17) is 0 Å². The minimum Gasteiger partial charge on any atom is -0.333 e. The van der Waals surface area contributed by atoms with Crippen LogP contribution in [0.25, 0.3) is 0 Å². The van der Waals surface area contributed by atoms with Crippen molar-refractivity contribution in [2.75, 3.05) is 12.8 Å². The van der Waals surface area contributed by atoms with E-state index in [1.165, 1.54) is 19.1 Å². The third kappa shape index (κ3) is 4.75. The Morgan fingerprint density at radius 2 is 2.28 bits per heavy atom. The van der Waals surface area contributed by atoms with Gasteiger partial charge >= 0.3 is 0 Å². The van der Waals surface area contributed by atoms with Gasteiger partial charge in [0.1, 0.15) is 0 Å². The van der Waals surface area contributed by atoms with Crippen LogP contribution in [0.1, 0.15) is 25.0 Å². The highest BCUT2D eigenvalue weighted by Gasteiger charge is 2.20. The lowest BCUT2D eigenvalue weighted by Crippen LogP contribution is -2.24. The summed E-state index contributed by atoms with van der Waals surface area (Å²) >= 11 is 0. The molecular weight excluding hydrogens is 252 g/mol. The molecule has 1 fully saturated rings. The summed E-state index contributed by atoms with van der Waals surface area (Å²) in [6, 6.07) is 0.681. The highest BCUT2D eigenvalue weighted by molar-refractivity contribution is 7.88. The second-order valence-corrected chi connectivity index (χ2v) is 6.59. The van der Waals surface area contributed by atoms with Crippen molar-refractivity contribution in [3.8, 4) is 0 Å². The molecule has 0 atom stereocenters. The van der Waals surface area contributed by atoms with Crippen molar-refractivity contribution in [3.05, 3.63) is 18.2 Å². The zero-order valence-corrected chi connectivity index (χ0v) is 11.4. The smallest absolute Gasteiger partial charge is 0.208 e. The molecule has 1 aromatic heterocycles. The highest BCUT2D eigenvalue weighted by Crippen LogP contribution is 2.19. The molecule has 0 saturated heterocycles. The van der Waals surface area contributed by atoms with Gasteiger partial charge in [-0.15, -0.1) is 0 Å². The summed E-state index contributed by atoms with van der Waals surface area (Å²) in [7, 11) is -3.08. The summed E-state index contributed by atoms with van der Waals surface area (Å²) in [5.41, 5.74) is 1.15. The van der Waals surface area contributed by atoms with Gasteiger partial charge in [0.15, 0.2) is 0 Å². The van der Waals surface area contributed by atoms with Crippen molar-refractivity contribution in [3.63, 3.8) is 0 Å². The molecule has 0 bridgehead atoms. The molecule has 1 aliphatic carbocycles. The van der Waals surface area contributed by atoms with E-state index >= 15 is 0 Å². The molecule has 0 spiro atoms. The van der Waals surface area contributed by atoms with Crippen LogP contribution < -0.4 is 10.0 Å². The second kappa shape index (κ2) is 5.81. The number of aromatic nitrogens is 2. The summed E-state index contributed by atoms with van der Waals surface area (Å²) in [5, 5.41) is 3.44. The number of nitrogens with one attached hydrogen (secondary N) is 2. The Morgan fingerprint density at radius 1 is 1.50 bits per heavy atom. The molecule has 7 heteroatoms. The van der Waals surface area contributed by atoms with Crippen LogP contribution in [0.4, 0.5) is 0 Å². The predicted octanol–water partition coefficient (Wildman–Crippen LogP) is 0.0744. The zero-order chi connectivity index (χ0) is 13.0. The molecule has 1 aliphatic rings. The molecule has 18 heavy (non-hydrogen) atoms. The molecular formula is C11H20N4O2S. The first-order valence-electron chi connectivity index (χ1n) is 6.21. The van der Waals surface area contributed by atoms with Gasteiger partial charge in [0.2, 0.25) is 10.0 Å². The Bertz CT molecular complexity index is 479. The van der Waals surface area contributed by atoms with E-state index in [2.05, 4.69) is 19.6 Å². The van der Waals surface area contributed by atoms with Crippen molar-refractivity contribution in [1.29, 1.82) is 0 Å². The van der Waals surface area contributed by atoms with Crippen molar-refractivity contribution in [2.45, 2.75) is 38.4 Å². The van der Waals surface area contributed by atoms with Crippen LogP contribution in [0.15, 0.2) is 12.5 Å². The van der Waals surface area contributed by atoms with E-state index in [1.54, 1.807) is 6.33 Å². The number of imidazole rings is 1. The third-order valence-electron chi connectivity index (χ3n) is 2.89. The average Bonchev–Trinajstić information content (AvgIpc) is 3.01. The highest BCUT2D eigenvalue weighted by atomic mass is 32.2. The molecule has 0 aromatic carbocycles. The van der Waals surface area contributed by atoms with Gasteiger partial charge in [0, 0.05) is 31.9 Å². The van der Waals surface area contributed by atoms with Crippen LogP contribution in [0.3, 0.4) is 0 Å². The van der Waals surface area contributed by atoms with Crippen molar-refractivity contribution < 1.29 is 8.42 Å². The van der Waals surface area contributed by atoms with Gasteiger partial charge in [-0.05, 0) is 19.3 Å². The monoisotopic (exact) mass is 272 g/mol. The molecule has 6 nitrogen and oxygen atoms in total. The molecule has 0 unspecified atom stereocenters. The summed E-state index contributed by atoms with van der Waals surface area (Å²) < 4.78 is 26.4. The first kappa shape index (κ1) is 13.5. The van der Waals surface area contributed by atoms with E-state index in [1.807, 2.05) is 6.20 Å². The van der Waals surface area contributed by atoms with Gasteiger partial charge in [0.25, 0.3) is 0 Å². The van der Waals surface area contributed by atoms with Gasteiger partial charge in [-0.2, -0.15) is 0 Å². The van der Waals surface area contributed by atoms with E-state index in [0.717, 1.165) is 25.2 Å². The molecule has 1 heterocycles. The summed E-state index contributed by atoms with van der Waals surface area (Å²) in [6.07, 6.45) is 8.14. The number of aryl methyl sites for hydroxylation is 1. The minimum atomic E-state index is -3.08. The number of hydrogen-bond donors (Lipinski definition) is 2. The molecule has 1 aromatic rings. The molecule has 0 radical (unpaired) electrons. The van der Waals surface area contributed by atoms with Crippen LogP contribution >= 0.6 is 0 Å². The molecule has 0 amide bonds.